The molecule has 0 saturated carbocycles. The Bertz CT molecular complexity index is 653. The summed E-state index contributed by atoms with van der Waals surface area (Å²) in [6, 6.07) is 17.1. The van der Waals surface area contributed by atoms with Crippen molar-refractivity contribution >= 4 is 28.4 Å². The van der Waals surface area contributed by atoms with Gasteiger partial charge in [-0.05, 0) is 36.6 Å². The van der Waals surface area contributed by atoms with E-state index >= 15 is 0 Å². The van der Waals surface area contributed by atoms with E-state index in [2.05, 4.69) is 66.2 Å². The Morgan fingerprint density at radius 3 is 2.63 bits per heavy atom. The molecular weight excluding hydrogens is 270 g/mol. The van der Waals surface area contributed by atoms with Gasteiger partial charge in [0.15, 0.2) is 0 Å². The Balaban J connectivity index is 1.81. The van der Waals surface area contributed by atoms with E-state index in [1.807, 2.05) is 11.3 Å². The average Bonchev–Trinajstić information content (AvgIpc) is 3.08. The maximum absolute atomic E-state index is 3.55. The maximum Gasteiger partial charge on any atom is 0.0494 e. The molecule has 0 aliphatic rings. The summed E-state index contributed by atoms with van der Waals surface area (Å²) in [5.41, 5.74) is 2.49. The lowest BCUT2D eigenvalue weighted by Crippen LogP contribution is -1.98. The van der Waals surface area contributed by atoms with E-state index in [0.29, 0.717) is 0 Å². The summed E-state index contributed by atoms with van der Waals surface area (Å²) < 4.78 is 0. The summed E-state index contributed by atoms with van der Waals surface area (Å²) in [6.45, 7) is 3.04. The zero-order valence-corrected chi connectivity index (χ0v) is 12.4. The SMILES string of the molecule is Cc1ccc(CNc2ccccc2-c2cccs2)s1. The molecule has 0 fully saturated rings. The van der Waals surface area contributed by atoms with Crippen molar-refractivity contribution in [3.63, 3.8) is 0 Å². The molecule has 3 aromatic rings. The summed E-state index contributed by atoms with van der Waals surface area (Å²) >= 11 is 3.63. The fourth-order valence-corrected chi connectivity index (χ4v) is 3.64. The lowest BCUT2D eigenvalue weighted by Gasteiger charge is -2.10. The smallest absolute Gasteiger partial charge is 0.0494 e. The molecule has 2 aromatic heterocycles. The molecule has 3 rings (SSSR count). The van der Waals surface area contributed by atoms with E-state index in [1.54, 1.807) is 11.3 Å². The van der Waals surface area contributed by atoms with Crippen LogP contribution >= 0.6 is 22.7 Å². The third-order valence-corrected chi connectivity index (χ3v) is 4.87. The van der Waals surface area contributed by atoms with Crippen molar-refractivity contribution in [1.29, 1.82) is 0 Å². The Morgan fingerprint density at radius 1 is 1.00 bits per heavy atom. The molecule has 0 amide bonds. The Labute approximate surface area is 121 Å². The van der Waals surface area contributed by atoms with E-state index in [4.69, 9.17) is 0 Å². The van der Waals surface area contributed by atoms with Crippen molar-refractivity contribution < 1.29 is 0 Å². The van der Waals surface area contributed by atoms with Gasteiger partial charge in [0.05, 0.1) is 0 Å². The quantitative estimate of drug-likeness (QED) is 0.677. The molecule has 0 atom stereocenters. The molecule has 0 saturated heterocycles. The van der Waals surface area contributed by atoms with Gasteiger partial charge in [0, 0.05) is 32.4 Å². The van der Waals surface area contributed by atoms with E-state index in [1.165, 1.54) is 25.9 Å². The van der Waals surface area contributed by atoms with Crippen molar-refractivity contribution in [1.82, 2.24) is 0 Å². The van der Waals surface area contributed by atoms with Gasteiger partial charge in [-0.15, -0.1) is 22.7 Å². The minimum atomic E-state index is 0.890. The highest BCUT2D eigenvalue weighted by Crippen LogP contribution is 2.31. The van der Waals surface area contributed by atoms with Crippen LogP contribution in [0.25, 0.3) is 10.4 Å². The molecule has 3 heteroatoms. The number of anilines is 1. The molecule has 19 heavy (non-hydrogen) atoms. The first kappa shape index (κ1) is 12.5. The van der Waals surface area contributed by atoms with Gasteiger partial charge in [-0.1, -0.05) is 24.3 Å². The van der Waals surface area contributed by atoms with Crippen LogP contribution in [0.5, 0.6) is 0 Å². The molecule has 0 radical (unpaired) electrons. The number of benzene rings is 1. The summed E-state index contributed by atoms with van der Waals surface area (Å²) in [5, 5.41) is 5.67. The number of para-hydroxylation sites is 1. The molecular formula is C16H15NS2. The predicted molar refractivity (Wildman–Crippen MR) is 86.1 cm³/mol. The van der Waals surface area contributed by atoms with E-state index in [-0.39, 0.29) is 0 Å². The van der Waals surface area contributed by atoms with Gasteiger partial charge in [-0.25, -0.2) is 0 Å². The highest BCUT2D eigenvalue weighted by Gasteiger charge is 2.05. The van der Waals surface area contributed by atoms with Crippen LogP contribution in [0.4, 0.5) is 5.69 Å². The first-order valence-electron chi connectivity index (χ1n) is 6.25. The van der Waals surface area contributed by atoms with Crippen LogP contribution in [0.3, 0.4) is 0 Å². The van der Waals surface area contributed by atoms with Crippen LogP contribution in [0.2, 0.25) is 0 Å². The molecule has 0 unspecified atom stereocenters. The Morgan fingerprint density at radius 2 is 1.89 bits per heavy atom. The minimum Gasteiger partial charge on any atom is -0.380 e. The first-order chi connectivity index (χ1) is 9.33. The lowest BCUT2D eigenvalue weighted by atomic mass is 10.1. The van der Waals surface area contributed by atoms with Crippen LogP contribution < -0.4 is 5.32 Å². The van der Waals surface area contributed by atoms with Gasteiger partial charge in [-0.2, -0.15) is 0 Å². The summed E-state index contributed by atoms with van der Waals surface area (Å²) in [7, 11) is 0. The van der Waals surface area contributed by atoms with Crippen molar-refractivity contribution in [3.05, 3.63) is 63.7 Å². The fraction of sp³-hybridized carbons (Fsp3) is 0.125. The first-order valence-corrected chi connectivity index (χ1v) is 7.94. The molecule has 0 aliphatic heterocycles. The third kappa shape index (κ3) is 2.88. The molecule has 0 spiro atoms. The molecule has 0 bridgehead atoms. The summed E-state index contributed by atoms with van der Waals surface area (Å²) in [4.78, 5) is 4.05. The number of rotatable bonds is 4. The van der Waals surface area contributed by atoms with Crippen LogP contribution in [-0.2, 0) is 6.54 Å². The van der Waals surface area contributed by atoms with E-state index in [0.717, 1.165) is 6.54 Å². The van der Waals surface area contributed by atoms with E-state index in [9.17, 15) is 0 Å². The molecule has 1 nitrogen and oxygen atoms in total. The second-order valence-electron chi connectivity index (χ2n) is 4.39. The average molecular weight is 285 g/mol. The van der Waals surface area contributed by atoms with Gasteiger partial charge < -0.3 is 5.32 Å². The number of hydrogen-bond acceptors (Lipinski definition) is 3. The van der Waals surface area contributed by atoms with Crippen LogP contribution in [0.1, 0.15) is 9.75 Å². The van der Waals surface area contributed by atoms with Gasteiger partial charge in [0.2, 0.25) is 0 Å². The van der Waals surface area contributed by atoms with Crippen LogP contribution in [-0.4, -0.2) is 0 Å². The largest absolute Gasteiger partial charge is 0.380 e. The van der Waals surface area contributed by atoms with Crippen molar-refractivity contribution in [2.45, 2.75) is 13.5 Å². The van der Waals surface area contributed by atoms with Crippen LogP contribution in [0, 0.1) is 6.92 Å². The second kappa shape index (κ2) is 5.59. The molecule has 0 aliphatic carbocycles. The van der Waals surface area contributed by atoms with Gasteiger partial charge in [0.1, 0.15) is 0 Å². The van der Waals surface area contributed by atoms with Gasteiger partial charge in [-0.3, -0.25) is 0 Å². The van der Waals surface area contributed by atoms with Crippen molar-refractivity contribution in [2.75, 3.05) is 5.32 Å². The number of aryl methyl sites for hydroxylation is 1. The highest BCUT2D eigenvalue weighted by molar-refractivity contribution is 7.13. The molecule has 2 heterocycles. The maximum atomic E-state index is 3.55. The zero-order valence-electron chi connectivity index (χ0n) is 10.7. The standard InChI is InChI=1S/C16H15NS2/c1-12-8-9-13(19-12)11-17-15-6-3-2-5-14(15)16-7-4-10-18-16/h2-10,17H,11H2,1H3. The van der Waals surface area contributed by atoms with Crippen molar-refractivity contribution in [3.8, 4) is 10.4 Å². The van der Waals surface area contributed by atoms with Crippen molar-refractivity contribution in [2.24, 2.45) is 0 Å². The lowest BCUT2D eigenvalue weighted by molar-refractivity contribution is 1.19. The minimum absolute atomic E-state index is 0.890. The van der Waals surface area contributed by atoms with Gasteiger partial charge >= 0.3 is 0 Å². The van der Waals surface area contributed by atoms with Crippen LogP contribution in [0.15, 0.2) is 53.9 Å². The molecule has 1 aromatic carbocycles. The van der Waals surface area contributed by atoms with E-state index < -0.39 is 0 Å². The summed E-state index contributed by atoms with van der Waals surface area (Å²) in [5.74, 6) is 0. The highest BCUT2D eigenvalue weighted by atomic mass is 32.1. The fourth-order valence-electron chi connectivity index (χ4n) is 2.05. The second-order valence-corrected chi connectivity index (χ2v) is 6.71. The normalized spacial score (nSPS) is 10.6. The Hall–Kier alpha value is -1.58. The monoisotopic (exact) mass is 285 g/mol. The predicted octanol–water partition coefficient (Wildman–Crippen LogP) is 5.40. The molecule has 96 valence electrons. The topological polar surface area (TPSA) is 12.0 Å². The van der Waals surface area contributed by atoms with Gasteiger partial charge in [0.25, 0.3) is 0 Å². The number of thiophene rings is 2. The Kier molecular flexibility index (Phi) is 3.67. The summed E-state index contributed by atoms with van der Waals surface area (Å²) in [6.07, 6.45) is 0. The third-order valence-electron chi connectivity index (χ3n) is 2.96. The zero-order chi connectivity index (χ0) is 13.1. The number of hydrogen-bond donors (Lipinski definition) is 1. The molecule has 1 N–H and O–H groups in total. The number of nitrogens with one attached hydrogen (secondary N) is 1.